The van der Waals surface area contributed by atoms with Gasteiger partial charge in [-0.2, -0.15) is 0 Å². The van der Waals surface area contributed by atoms with Gasteiger partial charge >= 0.3 is 5.97 Å². The number of allylic oxidation sites excluding steroid dienone is 2. The first-order chi connectivity index (χ1) is 16.4. The summed E-state index contributed by atoms with van der Waals surface area (Å²) in [7, 11) is 0. The van der Waals surface area contributed by atoms with Crippen LogP contribution in [0.5, 0.6) is 5.75 Å². The number of hydrogen-bond acceptors (Lipinski definition) is 5. The van der Waals surface area contributed by atoms with Gasteiger partial charge in [0.25, 0.3) is 0 Å². The number of amides is 3. The molecule has 4 aliphatic rings. The molecule has 0 N–H and O–H groups in total. The Labute approximate surface area is 194 Å². The summed E-state index contributed by atoms with van der Waals surface area (Å²) in [5, 5.41) is 0. The summed E-state index contributed by atoms with van der Waals surface area (Å²) in [6.07, 6.45) is 4.92. The minimum atomic E-state index is -0.683. The van der Waals surface area contributed by atoms with Crippen LogP contribution in [0.1, 0.15) is 12.8 Å². The lowest BCUT2D eigenvalue weighted by atomic mass is 9.85. The Morgan fingerprint density at radius 1 is 0.912 bits per heavy atom. The molecule has 0 spiro atoms. The van der Waals surface area contributed by atoms with E-state index in [0.717, 1.165) is 6.42 Å². The van der Waals surface area contributed by atoms with Crippen molar-refractivity contribution in [1.82, 2.24) is 0 Å². The van der Waals surface area contributed by atoms with Gasteiger partial charge < -0.3 is 9.64 Å². The van der Waals surface area contributed by atoms with Gasteiger partial charge in [0.15, 0.2) is 0 Å². The molecule has 1 saturated carbocycles. The van der Waals surface area contributed by atoms with Gasteiger partial charge in [0.1, 0.15) is 11.6 Å². The van der Waals surface area contributed by atoms with Crippen molar-refractivity contribution in [3.63, 3.8) is 0 Å². The molecule has 2 aromatic rings. The van der Waals surface area contributed by atoms with E-state index in [2.05, 4.69) is 0 Å². The Balaban J connectivity index is 1.16. The smallest absolute Gasteiger partial charge is 0.316 e. The summed E-state index contributed by atoms with van der Waals surface area (Å²) in [5.41, 5.74) is 0.897. The molecule has 6 rings (SSSR count). The van der Waals surface area contributed by atoms with Crippen molar-refractivity contribution in [1.29, 1.82) is 0 Å². The van der Waals surface area contributed by atoms with Gasteiger partial charge in [-0.3, -0.25) is 19.2 Å². The number of carbonyl (C=O) groups excluding carboxylic acids is 4. The Kier molecular flexibility index (Phi) is 4.65. The highest BCUT2D eigenvalue weighted by Crippen LogP contribution is 2.53. The fraction of sp³-hybridized carbons (Fsp3) is 0.308. The molecular weight excluding hydrogens is 439 g/mol. The Morgan fingerprint density at radius 2 is 1.59 bits per heavy atom. The quantitative estimate of drug-likeness (QED) is 0.303. The number of benzene rings is 2. The maximum absolute atomic E-state index is 13.2. The zero-order chi connectivity index (χ0) is 23.6. The number of imide groups is 1. The Hall–Kier alpha value is -3.81. The van der Waals surface area contributed by atoms with Gasteiger partial charge in [0.05, 0.1) is 23.4 Å². The van der Waals surface area contributed by atoms with Crippen LogP contribution in [0.15, 0.2) is 60.7 Å². The monoisotopic (exact) mass is 460 g/mol. The molecule has 8 heteroatoms. The van der Waals surface area contributed by atoms with Gasteiger partial charge in [-0.15, -0.1) is 0 Å². The first-order valence-electron chi connectivity index (χ1n) is 11.3. The van der Waals surface area contributed by atoms with Crippen LogP contribution >= 0.6 is 0 Å². The van der Waals surface area contributed by atoms with Crippen molar-refractivity contribution in [3.05, 3.63) is 66.5 Å². The predicted octanol–water partition coefficient (Wildman–Crippen LogP) is 3.10. The predicted molar refractivity (Wildman–Crippen MR) is 119 cm³/mol. The maximum Gasteiger partial charge on any atom is 0.316 e. The van der Waals surface area contributed by atoms with Crippen LogP contribution in [0.2, 0.25) is 0 Å². The Morgan fingerprint density at radius 3 is 2.26 bits per heavy atom. The van der Waals surface area contributed by atoms with Gasteiger partial charge in [-0.1, -0.05) is 18.2 Å². The molecule has 2 saturated heterocycles. The first kappa shape index (κ1) is 20.8. The molecule has 2 aliphatic heterocycles. The third-order valence-electron chi connectivity index (χ3n) is 7.36. The van der Waals surface area contributed by atoms with E-state index in [1.54, 1.807) is 18.2 Å². The third-order valence-corrected chi connectivity index (χ3v) is 7.36. The van der Waals surface area contributed by atoms with E-state index in [0.29, 0.717) is 11.4 Å². The summed E-state index contributed by atoms with van der Waals surface area (Å²) in [6.45, 7) is 0.130. The van der Waals surface area contributed by atoms with Crippen LogP contribution in [0.4, 0.5) is 15.8 Å². The molecule has 2 heterocycles. The highest BCUT2D eigenvalue weighted by atomic mass is 19.1. The molecule has 2 aromatic carbocycles. The summed E-state index contributed by atoms with van der Waals surface area (Å²) < 4.78 is 18.7. The number of rotatable bonds is 4. The fourth-order valence-corrected chi connectivity index (χ4v) is 5.78. The van der Waals surface area contributed by atoms with E-state index in [9.17, 15) is 23.6 Å². The number of ether oxygens (including phenoxy) is 1. The van der Waals surface area contributed by atoms with Crippen molar-refractivity contribution < 1.29 is 28.3 Å². The molecular formula is C26H21FN2O5. The number of fused-ring (bicyclic) bond motifs is 5. The van der Waals surface area contributed by atoms with Crippen molar-refractivity contribution in [2.75, 3.05) is 16.3 Å². The van der Waals surface area contributed by atoms with Crippen molar-refractivity contribution in [3.8, 4) is 5.75 Å². The lowest BCUT2D eigenvalue weighted by Gasteiger charge is -2.18. The zero-order valence-electron chi connectivity index (χ0n) is 18.1. The number of carbonyl (C=O) groups is 4. The summed E-state index contributed by atoms with van der Waals surface area (Å²) in [5.74, 6) is -2.51. The third kappa shape index (κ3) is 3.16. The van der Waals surface area contributed by atoms with Gasteiger partial charge in [0, 0.05) is 24.7 Å². The topological polar surface area (TPSA) is 84.0 Å². The average Bonchev–Trinajstić information content (AvgIpc) is 3.58. The average molecular weight is 460 g/mol. The second-order valence-corrected chi connectivity index (χ2v) is 9.31. The molecule has 34 heavy (non-hydrogen) atoms. The summed E-state index contributed by atoms with van der Waals surface area (Å²) in [4.78, 5) is 54.0. The molecule has 2 aliphatic carbocycles. The summed E-state index contributed by atoms with van der Waals surface area (Å²) in [6, 6.07) is 11.9. The Bertz CT molecular complexity index is 1230. The van der Waals surface area contributed by atoms with Crippen LogP contribution in [0, 0.1) is 35.4 Å². The minimum absolute atomic E-state index is 0.0157. The highest BCUT2D eigenvalue weighted by Gasteiger charge is 2.59. The van der Waals surface area contributed by atoms with E-state index in [4.69, 9.17) is 4.74 Å². The number of anilines is 2. The molecule has 7 nitrogen and oxygen atoms in total. The summed E-state index contributed by atoms with van der Waals surface area (Å²) >= 11 is 0. The SMILES string of the molecule is O=C(Oc1cccc(N2C(=O)[C@@H]3[C@H](C2=O)[C@H]2C=C[C@H]3C2)c1)[C@@H]1CC(=O)N(c2ccc(F)cc2)C1. The van der Waals surface area contributed by atoms with Crippen LogP contribution in [0.25, 0.3) is 0 Å². The number of hydrogen-bond donors (Lipinski definition) is 0. The molecule has 3 amide bonds. The van der Waals surface area contributed by atoms with Gasteiger partial charge in [-0.25, -0.2) is 9.29 Å². The maximum atomic E-state index is 13.2. The first-order valence-corrected chi connectivity index (χ1v) is 11.3. The van der Waals surface area contributed by atoms with E-state index >= 15 is 0 Å². The standard InChI is InChI=1S/C26H21FN2O5/c27-17-6-8-18(9-7-17)28-13-16(11-21(28)30)26(33)34-20-3-1-2-19(12-20)29-24(31)22-14-4-5-15(10-14)23(22)25(29)32/h1-9,12,14-16,22-23H,10-11,13H2/t14-,15-,16+,22-,23+/m0/s1. The molecule has 2 bridgehead atoms. The molecule has 172 valence electrons. The van der Waals surface area contributed by atoms with Crippen LogP contribution in [0.3, 0.4) is 0 Å². The number of esters is 1. The van der Waals surface area contributed by atoms with Crippen molar-refractivity contribution in [2.45, 2.75) is 12.8 Å². The van der Waals surface area contributed by atoms with Crippen LogP contribution < -0.4 is 14.5 Å². The fourth-order valence-electron chi connectivity index (χ4n) is 5.78. The van der Waals surface area contributed by atoms with Crippen LogP contribution in [-0.4, -0.2) is 30.2 Å². The lowest BCUT2D eigenvalue weighted by Crippen LogP contribution is -2.32. The van der Waals surface area contributed by atoms with E-state index in [-0.39, 0.29) is 60.1 Å². The zero-order valence-corrected chi connectivity index (χ0v) is 18.1. The molecule has 0 radical (unpaired) electrons. The van der Waals surface area contributed by atoms with Crippen LogP contribution in [-0.2, 0) is 19.2 Å². The lowest BCUT2D eigenvalue weighted by molar-refractivity contribution is -0.139. The number of halogens is 1. The molecule has 0 unspecified atom stereocenters. The van der Waals surface area contributed by atoms with Crippen molar-refractivity contribution in [2.24, 2.45) is 29.6 Å². The molecule has 5 atom stereocenters. The second-order valence-electron chi connectivity index (χ2n) is 9.31. The minimum Gasteiger partial charge on any atom is -0.426 e. The van der Waals surface area contributed by atoms with Gasteiger partial charge in [-0.05, 0) is 54.7 Å². The highest BCUT2D eigenvalue weighted by molar-refractivity contribution is 6.22. The molecule has 3 fully saturated rings. The van der Waals surface area contributed by atoms with E-state index < -0.39 is 17.7 Å². The van der Waals surface area contributed by atoms with Gasteiger partial charge in [0.2, 0.25) is 17.7 Å². The van der Waals surface area contributed by atoms with E-state index in [1.165, 1.54) is 40.1 Å². The normalized spacial score (nSPS) is 29.3. The van der Waals surface area contributed by atoms with Crippen molar-refractivity contribution >= 4 is 35.1 Å². The second kappa shape index (κ2) is 7.62. The van der Waals surface area contributed by atoms with E-state index in [1.807, 2.05) is 12.2 Å². The number of nitrogens with zero attached hydrogens (tertiary/aromatic N) is 2. The largest absolute Gasteiger partial charge is 0.426 e. The molecule has 0 aromatic heterocycles.